The second kappa shape index (κ2) is 19.7. The van der Waals surface area contributed by atoms with Gasteiger partial charge in [0.05, 0.1) is 47.9 Å². The second-order valence-corrected chi connectivity index (χ2v) is 20.1. The minimum atomic E-state index is -3.63. The van der Waals surface area contributed by atoms with E-state index in [2.05, 4.69) is 40.6 Å². The van der Waals surface area contributed by atoms with Crippen LogP contribution in [0.4, 0.5) is 42.0 Å². The summed E-state index contributed by atoms with van der Waals surface area (Å²) in [5.74, 6) is -7.52. The van der Waals surface area contributed by atoms with Crippen LogP contribution in [0.5, 0.6) is 5.75 Å². The fraction of sp³-hybridized carbons (Fsp3) is 0.560. The van der Waals surface area contributed by atoms with Crippen molar-refractivity contribution in [3.63, 3.8) is 0 Å². The minimum absolute atomic E-state index is 0.0141. The average molecular weight is 984 g/mol. The predicted molar refractivity (Wildman–Crippen MR) is 256 cm³/mol. The molecule has 0 spiro atoms. The van der Waals surface area contributed by atoms with Crippen molar-refractivity contribution in [3.05, 3.63) is 59.0 Å². The zero-order valence-electron chi connectivity index (χ0n) is 40.1. The summed E-state index contributed by atoms with van der Waals surface area (Å²) >= 11 is 0. The summed E-state index contributed by atoms with van der Waals surface area (Å²) in [7, 11) is 2.66. The molecule has 10 rings (SSSR count). The molecule has 2 saturated carbocycles. The minimum Gasteiger partial charge on any atom is -0.495 e. The first-order valence-corrected chi connectivity index (χ1v) is 25.0. The quantitative estimate of drug-likeness (QED) is 0.224. The van der Waals surface area contributed by atoms with E-state index in [0.717, 1.165) is 113 Å². The molecule has 0 bridgehead atoms. The van der Waals surface area contributed by atoms with Crippen LogP contribution in [0.15, 0.2) is 36.5 Å². The molecule has 3 aromatic rings. The van der Waals surface area contributed by atoms with E-state index < -0.39 is 59.8 Å². The smallest absolute Gasteiger partial charge is 0.342 e. The molecule has 18 nitrogen and oxygen atoms in total. The Morgan fingerprint density at radius 1 is 0.873 bits per heavy atom. The number of hydrogen-bond donors (Lipinski definition) is 3. The van der Waals surface area contributed by atoms with Gasteiger partial charge in [-0.1, -0.05) is 18.9 Å². The number of piperidine rings is 2. The van der Waals surface area contributed by atoms with E-state index in [4.69, 9.17) is 4.74 Å². The molecule has 71 heavy (non-hydrogen) atoms. The number of rotatable bonds is 11. The highest BCUT2D eigenvalue weighted by molar-refractivity contribution is 6.25. The number of nitrogens with one attached hydrogen (secondary N) is 3. The maximum Gasteiger partial charge on any atom is 0.342 e. The molecule has 1 atom stereocenters. The zero-order chi connectivity index (χ0) is 49.7. The van der Waals surface area contributed by atoms with E-state index in [9.17, 15) is 28.8 Å². The Bertz CT molecular complexity index is 2610. The number of ether oxygens (including phenoxy) is 1. The number of carbonyl (C=O) groups is 6. The van der Waals surface area contributed by atoms with Crippen LogP contribution in [-0.2, 0) is 14.4 Å². The van der Waals surface area contributed by atoms with E-state index in [1.165, 1.54) is 31.3 Å². The van der Waals surface area contributed by atoms with E-state index in [0.29, 0.717) is 41.6 Å². The van der Waals surface area contributed by atoms with Crippen molar-refractivity contribution in [1.82, 2.24) is 35.3 Å². The van der Waals surface area contributed by atoms with Gasteiger partial charge in [-0.05, 0) is 81.9 Å². The Morgan fingerprint density at radius 3 is 2.31 bits per heavy atom. The molecule has 6 heterocycles. The summed E-state index contributed by atoms with van der Waals surface area (Å²) in [6, 6.07) is 6.77. The van der Waals surface area contributed by atoms with Gasteiger partial charge < -0.3 is 35.0 Å². The van der Waals surface area contributed by atoms with Gasteiger partial charge in [-0.15, -0.1) is 0 Å². The summed E-state index contributed by atoms with van der Waals surface area (Å²) in [4.78, 5) is 97.2. The van der Waals surface area contributed by atoms with Crippen LogP contribution in [0.2, 0.25) is 0 Å². The number of imide groups is 2. The van der Waals surface area contributed by atoms with Gasteiger partial charge in [-0.25, -0.2) is 9.37 Å². The standard InChI is InChI=1S/C50H60F3N11O7/c1-59-39-26-54-49(58-43(39)63(32-6-3-4-7-32)28-50(52,53)48(59)70)56-36-25-35(51)34(24-40(36)71-2)44(66)55-30-10-12-31(13-11-30)61-22-20-60(21-23-61)27-29-16-18-62(19-17-29)37-9-5-8-33-42(37)47(69)64(46(33)68)38-14-15-41(65)57-45(38)67/h5,8-9,24-26,29-32,38H,3-4,6-7,10-23,27-28H2,1-2H3,(H,55,66)(H,54,56,58)(H,57,65,67)/t30-,31-,38?. The molecular weight excluding hydrogens is 924 g/mol. The highest BCUT2D eigenvalue weighted by Crippen LogP contribution is 2.41. The Balaban J connectivity index is 0.687. The fourth-order valence-electron chi connectivity index (χ4n) is 11.9. The Labute approximate surface area is 409 Å². The van der Waals surface area contributed by atoms with Crippen molar-refractivity contribution in [1.29, 1.82) is 0 Å². The highest BCUT2D eigenvalue weighted by atomic mass is 19.3. The Morgan fingerprint density at radius 2 is 1.61 bits per heavy atom. The number of anilines is 5. The van der Waals surface area contributed by atoms with E-state index in [-0.39, 0.29) is 59.4 Å². The Kier molecular flexibility index (Phi) is 13.4. The van der Waals surface area contributed by atoms with Crippen LogP contribution in [0.25, 0.3) is 0 Å². The first kappa shape index (κ1) is 48.3. The van der Waals surface area contributed by atoms with Gasteiger partial charge in [0.1, 0.15) is 23.3 Å². The number of alkyl halides is 2. The molecule has 1 unspecified atom stereocenters. The van der Waals surface area contributed by atoms with E-state index in [1.807, 2.05) is 6.07 Å². The summed E-state index contributed by atoms with van der Waals surface area (Å²) in [6.45, 7) is 5.46. The molecule has 7 aliphatic rings. The zero-order valence-corrected chi connectivity index (χ0v) is 40.1. The maximum atomic E-state index is 15.8. The lowest BCUT2D eigenvalue weighted by Gasteiger charge is -2.43. The van der Waals surface area contributed by atoms with Gasteiger partial charge >= 0.3 is 5.92 Å². The number of methoxy groups -OCH3 is 1. The number of carbonyl (C=O) groups excluding carboxylic acids is 6. The van der Waals surface area contributed by atoms with E-state index >= 15 is 13.2 Å². The molecule has 2 aromatic carbocycles. The summed E-state index contributed by atoms with van der Waals surface area (Å²) < 4.78 is 51.5. The molecule has 6 amide bonds. The lowest BCUT2D eigenvalue weighted by molar-refractivity contribution is -0.140. The van der Waals surface area contributed by atoms with Crippen molar-refractivity contribution in [2.75, 3.05) is 86.5 Å². The number of benzene rings is 2. The Hall–Kier alpha value is -6.35. The van der Waals surface area contributed by atoms with Gasteiger partial charge in [-0.2, -0.15) is 13.8 Å². The molecule has 5 fully saturated rings. The molecular formula is C50H60F3N11O7. The number of piperazine rings is 1. The van der Waals surface area contributed by atoms with Gasteiger partial charge in [0.25, 0.3) is 23.6 Å². The fourth-order valence-corrected chi connectivity index (χ4v) is 11.9. The van der Waals surface area contributed by atoms with Crippen molar-refractivity contribution in [2.24, 2.45) is 5.92 Å². The third kappa shape index (κ3) is 9.49. The summed E-state index contributed by atoms with van der Waals surface area (Å²) in [5.41, 5.74) is 1.44. The molecule has 5 aliphatic heterocycles. The monoisotopic (exact) mass is 983 g/mol. The normalized spacial score (nSPS) is 24.7. The number of aromatic nitrogens is 2. The lowest BCUT2D eigenvalue weighted by Crippen LogP contribution is -2.54. The van der Waals surface area contributed by atoms with Crippen LogP contribution in [0.3, 0.4) is 0 Å². The number of fused-ring (bicyclic) bond motifs is 2. The topological polar surface area (TPSA) is 193 Å². The first-order valence-electron chi connectivity index (χ1n) is 25.0. The first-order chi connectivity index (χ1) is 34.2. The van der Waals surface area contributed by atoms with E-state index in [1.54, 1.807) is 12.1 Å². The molecule has 3 N–H and O–H groups in total. The highest BCUT2D eigenvalue weighted by Gasteiger charge is 2.49. The number of amides is 6. The van der Waals surface area contributed by atoms with Crippen LogP contribution < -0.4 is 35.4 Å². The number of halogens is 3. The van der Waals surface area contributed by atoms with Crippen molar-refractivity contribution >= 4 is 64.3 Å². The maximum absolute atomic E-state index is 15.8. The molecule has 2 aliphatic carbocycles. The van der Waals surface area contributed by atoms with Crippen LogP contribution in [0, 0.1) is 11.7 Å². The molecule has 3 saturated heterocycles. The van der Waals surface area contributed by atoms with Gasteiger partial charge in [0, 0.05) is 83.5 Å². The van der Waals surface area contributed by atoms with Crippen molar-refractivity contribution in [3.8, 4) is 5.75 Å². The SMILES string of the molecule is COc1cc(C(=O)N[C@H]2CC[C@H](N3CCN(CC4CCN(c5cccc6c5C(=O)N(C5CCC(=O)NC5=O)C6=O)CC4)CC3)CC2)c(F)cc1Nc1ncc2c(n1)N(C1CCCC1)CC(F)(F)C(=O)N2C. The largest absolute Gasteiger partial charge is 0.495 e. The van der Waals surface area contributed by atoms with Crippen LogP contribution in [0.1, 0.15) is 108 Å². The predicted octanol–water partition coefficient (Wildman–Crippen LogP) is 4.71. The summed E-state index contributed by atoms with van der Waals surface area (Å²) in [6.07, 6.45) is 9.81. The number of hydrogen-bond acceptors (Lipinski definition) is 14. The number of nitrogens with zero attached hydrogens (tertiary/aromatic N) is 8. The molecule has 21 heteroatoms. The third-order valence-corrected chi connectivity index (χ3v) is 15.8. The third-order valence-electron chi connectivity index (χ3n) is 15.8. The molecule has 0 radical (unpaired) electrons. The van der Waals surface area contributed by atoms with Crippen molar-refractivity contribution in [2.45, 2.75) is 107 Å². The molecule has 378 valence electrons. The van der Waals surface area contributed by atoms with Gasteiger partial charge in [0.2, 0.25) is 17.8 Å². The van der Waals surface area contributed by atoms with Gasteiger partial charge in [-0.3, -0.25) is 43.9 Å². The summed E-state index contributed by atoms with van der Waals surface area (Å²) in [5, 5.41) is 8.24. The lowest BCUT2D eigenvalue weighted by atomic mass is 9.89. The second-order valence-electron chi connectivity index (χ2n) is 20.1. The van der Waals surface area contributed by atoms with Crippen LogP contribution >= 0.6 is 0 Å². The van der Waals surface area contributed by atoms with Crippen molar-refractivity contribution < 1.29 is 46.7 Å². The van der Waals surface area contributed by atoms with Gasteiger partial charge in [0.15, 0.2) is 5.82 Å². The van der Waals surface area contributed by atoms with Crippen LogP contribution in [-0.4, -0.2) is 157 Å². The average Bonchev–Trinajstić information content (AvgIpc) is 3.98. The molecule has 1 aromatic heterocycles.